The third-order valence-corrected chi connectivity index (χ3v) is 5.37. The Morgan fingerprint density at radius 2 is 2.24 bits per heavy atom. The Hall–Kier alpha value is -0.880. The van der Waals surface area contributed by atoms with Crippen LogP contribution in [-0.4, -0.2) is 38.0 Å². The minimum atomic E-state index is -2.85. The fraction of sp³-hybridized carbons (Fsp3) is 0.727. The predicted octanol–water partition coefficient (Wildman–Crippen LogP) is 0.654. The van der Waals surface area contributed by atoms with E-state index < -0.39 is 9.84 Å². The maximum atomic E-state index is 11.4. The molecule has 0 bridgehead atoms. The van der Waals surface area contributed by atoms with E-state index in [1.165, 1.54) is 0 Å². The van der Waals surface area contributed by atoms with Gasteiger partial charge in [-0.25, -0.2) is 13.4 Å². The summed E-state index contributed by atoms with van der Waals surface area (Å²) in [6.45, 7) is 1.91. The molecule has 1 aromatic rings. The van der Waals surface area contributed by atoms with Crippen molar-refractivity contribution in [3.8, 4) is 0 Å². The van der Waals surface area contributed by atoms with Gasteiger partial charge >= 0.3 is 0 Å². The number of sulfone groups is 1. The molecule has 94 valence electrons. The molecule has 2 unspecified atom stereocenters. The molecule has 6 heteroatoms. The smallest absolute Gasteiger partial charge is 0.198 e. The van der Waals surface area contributed by atoms with Crippen LogP contribution in [0.2, 0.25) is 0 Å². The fourth-order valence-corrected chi connectivity index (χ4v) is 4.33. The van der Waals surface area contributed by atoms with Crippen molar-refractivity contribution >= 4 is 9.84 Å². The van der Waals surface area contributed by atoms with Gasteiger partial charge < -0.3 is 9.73 Å². The van der Waals surface area contributed by atoms with Gasteiger partial charge in [-0.2, -0.15) is 0 Å². The van der Waals surface area contributed by atoms with Crippen molar-refractivity contribution in [1.82, 2.24) is 10.3 Å². The SMILES string of the molecule is O=S1(=O)CCC(c2coc(C3CCNC3)n2)C1. The fourth-order valence-electron chi connectivity index (χ4n) is 2.57. The van der Waals surface area contributed by atoms with Gasteiger partial charge in [-0.1, -0.05) is 0 Å². The lowest BCUT2D eigenvalue weighted by Gasteiger charge is -2.02. The van der Waals surface area contributed by atoms with E-state index in [0.717, 1.165) is 31.1 Å². The second-order valence-electron chi connectivity index (χ2n) is 4.90. The van der Waals surface area contributed by atoms with Gasteiger partial charge in [0, 0.05) is 18.4 Å². The van der Waals surface area contributed by atoms with E-state index in [2.05, 4.69) is 10.3 Å². The van der Waals surface area contributed by atoms with Crippen LogP contribution in [0.1, 0.15) is 36.3 Å². The molecule has 2 aliphatic heterocycles. The van der Waals surface area contributed by atoms with Crippen LogP contribution in [0.25, 0.3) is 0 Å². The summed E-state index contributed by atoms with van der Waals surface area (Å²) in [5, 5.41) is 3.27. The molecule has 17 heavy (non-hydrogen) atoms. The molecule has 0 saturated carbocycles. The highest BCUT2D eigenvalue weighted by Gasteiger charge is 2.32. The van der Waals surface area contributed by atoms with Crippen molar-refractivity contribution in [1.29, 1.82) is 0 Å². The number of nitrogens with one attached hydrogen (secondary N) is 1. The van der Waals surface area contributed by atoms with E-state index in [-0.39, 0.29) is 17.4 Å². The van der Waals surface area contributed by atoms with Crippen LogP contribution < -0.4 is 5.32 Å². The summed E-state index contributed by atoms with van der Waals surface area (Å²) in [4.78, 5) is 4.47. The van der Waals surface area contributed by atoms with Crippen LogP contribution in [0, 0.1) is 0 Å². The molecule has 0 radical (unpaired) electrons. The minimum Gasteiger partial charge on any atom is -0.448 e. The second-order valence-corrected chi connectivity index (χ2v) is 7.13. The molecule has 2 saturated heterocycles. The summed E-state index contributed by atoms with van der Waals surface area (Å²) in [5.74, 6) is 1.65. The first-order valence-electron chi connectivity index (χ1n) is 6.00. The zero-order valence-electron chi connectivity index (χ0n) is 9.55. The molecule has 2 aliphatic rings. The number of oxazole rings is 1. The van der Waals surface area contributed by atoms with Crippen LogP contribution in [0.3, 0.4) is 0 Å². The molecule has 0 amide bonds. The van der Waals surface area contributed by atoms with Gasteiger partial charge in [0.05, 0.1) is 17.2 Å². The topological polar surface area (TPSA) is 72.2 Å². The molecule has 3 heterocycles. The zero-order valence-corrected chi connectivity index (χ0v) is 10.4. The molecule has 3 rings (SSSR count). The van der Waals surface area contributed by atoms with Gasteiger partial charge in [-0.15, -0.1) is 0 Å². The monoisotopic (exact) mass is 256 g/mol. The number of nitrogens with zero attached hydrogens (tertiary/aromatic N) is 1. The van der Waals surface area contributed by atoms with Crippen LogP contribution in [-0.2, 0) is 9.84 Å². The van der Waals surface area contributed by atoms with Crippen molar-refractivity contribution in [3.05, 3.63) is 17.8 Å². The van der Waals surface area contributed by atoms with E-state index in [1.807, 2.05) is 0 Å². The quantitative estimate of drug-likeness (QED) is 0.841. The van der Waals surface area contributed by atoms with Gasteiger partial charge in [0.25, 0.3) is 0 Å². The van der Waals surface area contributed by atoms with Gasteiger partial charge in [-0.3, -0.25) is 0 Å². The first-order valence-corrected chi connectivity index (χ1v) is 7.83. The lowest BCUT2D eigenvalue weighted by molar-refractivity contribution is 0.457. The largest absolute Gasteiger partial charge is 0.448 e. The predicted molar refractivity (Wildman–Crippen MR) is 62.7 cm³/mol. The van der Waals surface area contributed by atoms with E-state index >= 15 is 0 Å². The van der Waals surface area contributed by atoms with Gasteiger partial charge in [0.15, 0.2) is 15.7 Å². The normalized spacial score (nSPS) is 32.0. The third kappa shape index (κ3) is 2.24. The number of hydrogen-bond donors (Lipinski definition) is 1. The maximum absolute atomic E-state index is 11.4. The summed E-state index contributed by atoms with van der Waals surface area (Å²) in [6, 6.07) is 0. The zero-order chi connectivity index (χ0) is 11.9. The maximum Gasteiger partial charge on any atom is 0.198 e. The first-order chi connectivity index (χ1) is 8.14. The lowest BCUT2D eigenvalue weighted by Crippen LogP contribution is -2.08. The van der Waals surface area contributed by atoms with Crippen molar-refractivity contribution < 1.29 is 12.8 Å². The lowest BCUT2D eigenvalue weighted by atomic mass is 10.1. The van der Waals surface area contributed by atoms with Crippen molar-refractivity contribution in [2.45, 2.75) is 24.7 Å². The summed E-state index contributed by atoms with van der Waals surface area (Å²) >= 11 is 0. The highest BCUT2D eigenvalue weighted by atomic mass is 32.2. The molecule has 1 aromatic heterocycles. The number of rotatable bonds is 2. The highest BCUT2D eigenvalue weighted by molar-refractivity contribution is 7.91. The van der Waals surface area contributed by atoms with Crippen LogP contribution in [0.5, 0.6) is 0 Å². The Morgan fingerprint density at radius 1 is 1.35 bits per heavy atom. The Kier molecular flexibility index (Phi) is 2.71. The molecule has 0 spiro atoms. The van der Waals surface area contributed by atoms with Crippen molar-refractivity contribution in [2.24, 2.45) is 0 Å². The Labute approximate surface area is 101 Å². The number of aromatic nitrogens is 1. The summed E-state index contributed by atoms with van der Waals surface area (Å²) in [6.07, 6.45) is 3.36. The van der Waals surface area contributed by atoms with E-state index in [0.29, 0.717) is 12.3 Å². The third-order valence-electron chi connectivity index (χ3n) is 3.60. The molecule has 2 fully saturated rings. The first kappa shape index (κ1) is 11.2. The van der Waals surface area contributed by atoms with Crippen molar-refractivity contribution in [3.63, 3.8) is 0 Å². The second kappa shape index (κ2) is 4.10. The molecule has 0 aromatic carbocycles. The average molecular weight is 256 g/mol. The van der Waals surface area contributed by atoms with Crippen LogP contribution in [0.15, 0.2) is 10.7 Å². The Morgan fingerprint density at radius 3 is 2.88 bits per heavy atom. The average Bonchev–Trinajstić information content (AvgIpc) is 2.93. The van der Waals surface area contributed by atoms with Gasteiger partial charge in [0.1, 0.15) is 6.26 Å². The standard InChI is InChI=1S/C11H16N2O3S/c14-17(15)4-2-9(7-17)10-6-16-11(13-10)8-1-3-12-5-8/h6,8-9,12H,1-5,7H2. The molecule has 5 nitrogen and oxygen atoms in total. The van der Waals surface area contributed by atoms with E-state index in [9.17, 15) is 8.42 Å². The van der Waals surface area contributed by atoms with E-state index in [4.69, 9.17) is 4.42 Å². The van der Waals surface area contributed by atoms with Crippen LogP contribution >= 0.6 is 0 Å². The molecular formula is C11H16N2O3S. The summed E-state index contributed by atoms with van der Waals surface area (Å²) in [7, 11) is -2.85. The minimum absolute atomic E-state index is 0.0341. The summed E-state index contributed by atoms with van der Waals surface area (Å²) < 4.78 is 28.3. The van der Waals surface area contributed by atoms with Crippen LogP contribution in [0.4, 0.5) is 0 Å². The van der Waals surface area contributed by atoms with Gasteiger partial charge in [-0.05, 0) is 19.4 Å². The molecule has 0 aliphatic carbocycles. The Balaban J connectivity index is 1.76. The highest BCUT2D eigenvalue weighted by Crippen LogP contribution is 2.30. The molecular weight excluding hydrogens is 240 g/mol. The Bertz CT molecular complexity index is 503. The van der Waals surface area contributed by atoms with E-state index in [1.54, 1.807) is 6.26 Å². The number of hydrogen-bond acceptors (Lipinski definition) is 5. The van der Waals surface area contributed by atoms with Gasteiger partial charge in [0.2, 0.25) is 0 Å². The molecule has 1 N–H and O–H groups in total. The molecule has 2 atom stereocenters. The van der Waals surface area contributed by atoms with Crippen molar-refractivity contribution in [2.75, 3.05) is 24.6 Å². The summed E-state index contributed by atoms with van der Waals surface area (Å²) in [5.41, 5.74) is 0.813.